The van der Waals surface area contributed by atoms with E-state index < -0.39 is 11.1 Å². The van der Waals surface area contributed by atoms with Crippen molar-refractivity contribution in [3.05, 3.63) is 17.0 Å². The van der Waals surface area contributed by atoms with Gasteiger partial charge in [-0.25, -0.2) is 0 Å². The fourth-order valence-electron chi connectivity index (χ4n) is 0.530. The van der Waals surface area contributed by atoms with Gasteiger partial charge in [-0.15, -0.1) is 11.3 Å². The minimum absolute atomic E-state index is 0. The van der Waals surface area contributed by atoms with Gasteiger partial charge >= 0.3 is 18.9 Å². The van der Waals surface area contributed by atoms with Crippen molar-refractivity contribution in [3.63, 3.8) is 0 Å². The molecule has 0 aromatic carbocycles. The van der Waals surface area contributed by atoms with Crippen molar-refractivity contribution in [2.75, 3.05) is 0 Å². The molecule has 1 heterocycles. The van der Waals surface area contributed by atoms with Crippen LogP contribution in [-0.4, -0.2) is 8.76 Å². The molecule has 1 unspecified atom stereocenters. The molecule has 0 saturated carbocycles. The number of aryl methyl sites for hydroxylation is 1. The molecule has 50 valence electrons. The molecule has 1 atom stereocenters. The summed E-state index contributed by atoms with van der Waals surface area (Å²) in [5.41, 5.74) is 0.827. The summed E-state index contributed by atoms with van der Waals surface area (Å²) in [6.07, 6.45) is 0. The summed E-state index contributed by atoms with van der Waals surface area (Å²) in [7, 11) is 0. The van der Waals surface area contributed by atoms with Gasteiger partial charge in [0.05, 0.1) is 4.21 Å². The monoisotopic (exact) mass is 168 g/mol. The van der Waals surface area contributed by atoms with Crippen molar-refractivity contribution in [2.24, 2.45) is 0 Å². The van der Waals surface area contributed by atoms with Crippen molar-refractivity contribution in [1.29, 1.82) is 0 Å². The van der Waals surface area contributed by atoms with E-state index in [1.807, 2.05) is 0 Å². The minimum Gasteiger partial charge on any atom is -0.768 e. The van der Waals surface area contributed by atoms with Crippen LogP contribution in [0, 0.1) is 6.92 Å². The standard InChI is InChI=1S/C5H6O2S2.Li/c1-4-2-3-8-5(4)9(6)7;/h2-3H,1H3,(H,6,7);/q;+1/p-1. The van der Waals surface area contributed by atoms with Gasteiger partial charge in [-0.2, -0.15) is 0 Å². The second-order valence-electron chi connectivity index (χ2n) is 1.63. The summed E-state index contributed by atoms with van der Waals surface area (Å²) < 4.78 is 21.0. The van der Waals surface area contributed by atoms with Crippen LogP contribution >= 0.6 is 11.3 Å². The molecule has 0 bridgehead atoms. The predicted molar refractivity (Wildman–Crippen MR) is 36.2 cm³/mol. The second-order valence-corrected chi connectivity index (χ2v) is 3.68. The van der Waals surface area contributed by atoms with Crippen molar-refractivity contribution < 1.29 is 27.6 Å². The number of rotatable bonds is 1. The topological polar surface area (TPSA) is 40.1 Å². The van der Waals surface area contributed by atoms with E-state index >= 15 is 0 Å². The zero-order valence-electron chi connectivity index (χ0n) is 5.79. The molecule has 0 amide bonds. The van der Waals surface area contributed by atoms with Crippen LogP contribution in [0.2, 0.25) is 0 Å². The van der Waals surface area contributed by atoms with E-state index in [9.17, 15) is 8.76 Å². The third-order valence-corrected chi connectivity index (χ3v) is 3.10. The molecule has 0 aliphatic heterocycles. The Morgan fingerprint density at radius 1 is 1.70 bits per heavy atom. The van der Waals surface area contributed by atoms with Crippen LogP contribution in [0.5, 0.6) is 0 Å². The van der Waals surface area contributed by atoms with E-state index in [0.717, 1.165) is 5.56 Å². The minimum atomic E-state index is -2.04. The SMILES string of the molecule is Cc1ccsc1S(=O)[O-].[Li+]. The molecule has 0 aliphatic rings. The van der Waals surface area contributed by atoms with Gasteiger partial charge in [0.25, 0.3) is 0 Å². The molecule has 2 nitrogen and oxygen atoms in total. The quantitative estimate of drug-likeness (QED) is 0.370. The molecule has 1 aromatic heterocycles. The van der Waals surface area contributed by atoms with Gasteiger partial charge < -0.3 is 4.55 Å². The average molecular weight is 168 g/mol. The Morgan fingerprint density at radius 3 is 2.50 bits per heavy atom. The average Bonchev–Trinajstić information content (AvgIpc) is 2.13. The van der Waals surface area contributed by atoms with Crippen molar-refractivity contribution in [2.45, 2.75) is 11.1 Å². The van der Waals surface area contributed by atoms with Crippen LogP contribution in [0.15, 0.2) is 15.7 Å². The Kier molecular flexibility index (Phi) is 4.50. The van der Waals surface area contributed by atoms with E-state index in [0.29, 0.717) is 4.21 Å². The third-order valence-electron chi connectivity index (χ3n) is 0.966. The molecule has 0 fully saturated rings. The first-order valence-corrected chi connectivity index (χ1v) is 4.30. The molecule has 10 heavy (non-hydrogen) atoms. The van der Waals surface area contributed by atoms with E-state index in [4.69, 9.17) is 0 Å². The Hall–Kier alpha value is 0.407. The Bertz CT molecular complexity index is 233. The first kappa shape index (κ1) is 10.4. The van der Waals surface area contributed by atoms with Crippen LogP contribution in [0.3, 0.4) is 0 Å². The van der Waals surface area contributed by atoms with E-state index in [-0.39, 0.29) is 18.9 Å². The maximum atomic E-state index is 10.3. The van der Waals surface area contributed by atoms with Gasteiger partial charge in [-0.1, -0.05) is 0 Å². The van der Waals surface area contributed by atoms with Gasteiger partial charge in [0.15, 0.2) is 0 Å². The molecular formula is C5H5LiO2S2. The number of hydrogen-bond acceptors (Lipinski definition) is 3. The Morgan fingerprint density at radius 2 is 2.30 bits per heavy atom. The smallest absolute Gasteiger partial charge is 0.768 e. The maximum absolute atomic E-state index is 10.3. The summed E-state index contributed by atoms with van der Waals surface area (Å²) in [5.74, 6) is 0. The van der Waals surface area contributed by atoms with Crippen molar-refractivity contribution >= 4 is 22.4 Å². The summed E-state index contributed by atoms with van der Waals surface area (Å²) in [6.45, 7) is 1.78. The Labute approximate surface area is 78.1 Å². The predicted octanol–water partition coefficient (Wildman–Crippen LogP) is -1.70. The van der Waals surface area contributed by atoms with Crippen LogP contribution in [0.4, 0.5) is 0 Å². The van der Waals surface area contributed by atoms with E-state index in [1.165, 1.54) is 11.3 Å². The van der Waals surface area contributed by atoms with Crippen LogP contribution in [0.25, 0.3) is 0 Å². The molecule has 0 spiro atoms. The van der Waals surface area contributed by atoms with Crippen molar-refractivity contribution in [3.8, 4) is 0 Å². The summed E-state index contributed by atoms with van der Waals surface area (Å²) in [4.78, 5) is 0. The van der Waals surface area contributed by atoms with E-state index in [1.54, 1.807) is 18.4 Å². The van der Waals surface area contributed by atoms with Gasteiger partial charge in [0, 0.05) is 0 Å². The molecule has 0 aliphatic carbocycles. The summed E-state index contributed by atoms with van der Waals surface area (Å²) >= 11 is -0.796. The fourth-order valence-corrected chi connectivity index (χ4v) is 1.99. The molecule has 1 aromatic rings. The molecule has 0 saturated heterocycles. The molecule has 0 N–H and O–H groups in total. The molecule has 1 rings (SSSR count). The van der Waals surface area contributed by atoms with Crippen LogP contribution in [0.1, 0.15) is 5.56 Å². The molecular weight excluding hydrogens is 163 g/mol. The van der Waals surface area contributed by atoms with Gasteiger partial charge in [-0.05, 0) is 35.0 Å². The van der Waals surface area contributed by atoms with Gasteiger partial charge in [0.1, 0.15) is 0 Å². The zero-order chi connectivity index (χ0) is 6.85. The van der Waals surface area contributed by atoms with Crippen molar-refractivity contribution in [1.82, 2.24) is 0 Å². The normalized spacial score (nSPS) is 12.2. The first-order valence-electron chi connectivity index (χ1n) is 2.35. The molecule has 5 heteroatoms. The van der Waals surface area contributed by atoms with E-state index in [2.05, 4.69) is 0 Å². The van der Waals surface area contributed by atoms with Crippen LogP contribution < -0.4 is 18.9 Å². The maximum Gasteiger partial charge on any atom is 1.00 e. The third kappa shape index (κ3) is 2.22. The Balaban J connectivity index is 0.000000810. The fraction of sp³-hybridized carbons (Fsp3) is 0.200. The second kappa shape index (κ2) is 4.32. The number of thiophene rings is 1. The number of hydrogen-bond donors (Lipinski definition) is 0. The van der Waals surface area contributed by atoms with Gasteiger partial charge in [0.2, 0.25) is 0 Å². The summed E-state index contributed by atoms with van der Waals surface area (Å²) in [6, 6.07) is 1.79. The van der Waals surface area contributed by atoms with Crippen LogP contribution in [-0.2, 0) is 11.1 Å². The van der Waals surface area contributed by atoms with Gasteiger partial charge in [-0.3, -0.25) is 4.21 Å². The summed E-state index contributed by atoms with van der Waals surface area (Å²) in [5, 5.41) is 1.76. The zero-order valence-corrected chi connectivity index (χ0v) is 7.42. The largest absolute Gasteiger partial charge is 1.00 e. The molecule has 0 radical (unpaired) electrons. The first-order chi connectivity index (χ1) is 4.22.